The van der Waals surface area contributed by atoms with Crippen LogP contribution in [0.3, 0.4) is 0 Å². The molecule has 2 aromatic heterocycles. The number of fused-ring (bicyclic) bond motifs is 3. The molecule has 3 aromatic carbocycles. The van der Waals surface area contributed by atoms with Gasteiger partial charge >= 0.3 is 0 Å². The summed E-state index contributed by atoms with van der Waals surface area (Å²) >= 11 is 13.2. The van der Waals surface area contributed by atoms with Crippen molar-refractivity contribution in [3.05, 3.63) is 111 Å². The summed E-state index contributed by atoms with van der Waals surface area (Å²) in [7, 11) is 0. The number of carbonyl (C=O) groups excluding carboxylic acids is 1. The zero-order chi connectivity index (χ0) is 27.1. The summed E-state index contributed by atoms with van der Waals surface area (Å²) in [4.78, 5) is 13.9. The standard InChI is InChI=1S/C29H24Cl2N6O2/c1-18-7-8-25-21(11-18)22(14-34-39)26-9-10-29(15-37(25)26,19-5-3-2-4-6-19)35-28(38)27-23(30)12-20(13-24(27)31)36-16-32-33-17-36/h2-8,11-14,16-17,39H,9-10,15H2,1H3,(H,35,38)/b34-14+/t29-/m1/s1. The van der Waals surface area contributed by atoms with E-state index >= 15 is 0 Å². The first-order chi connectivity index (χ1) is 18.9. The van der Waals surface area contributed by atoms with Gasteiger partial charge in [-0.15, -0.1) is 10.2 Å². The highest BCUT2D eigenvalue weighted by Crippen LogP contribution is 2.40. The molecule has 0 unspecified atom stereocenters. The van der Waals surface area contributed by atoms with Gasteiger partial charge in [-0.25, -0.2) is 0 Å². The van der Waals surface area contributed by atoms with Crippen LogP contribution in [0.1, 0.15) is 39.2 Å². The highest BCUT2D eigenvalue weighted by molar-refractivity contribution is 6.40. The lowest BCUT2D eigenvalue weighted by Gasteiger charge is -2.40. The molecular formula is C29H24Cl2N6O2. The lowest BCUT2D eigenvalue weighted by Crippen LogP contribution is -2.51. The molecule has 0 saturated heterocycles. The van der Waals surface area contributed by atoms with Crippen LogP contribution in [0.4, 0.5) is 0 Å². The number of amides is 1. The van der Waals surface area contributed by atoms with E-state index in [1.165, 1.54) is 18.9 Å². The fourth-order valence-electron chi connectivity index (χ4n) is 5.59. The Morgan fingerprint density at radius 3 is 2.49 bits per heavy atom. The van der Waals surface area contributed by atoms with Crippen molar-refractivity contribution < 1.29 is 10.0 Å². The van der Waals surface area contributed by atoms with E-state index in [0.717, 1.165) is 33.3 Å². The van der Waals surface area contributed by atoms with Gasteiger partial charge in [0.15, 0.2) is 0 Å². The number of benzene rings is 3. The molecule has 0 aliphatic carbocycles. The van der Waals surface area contributed by atoms with Crippen LogP contribution in [-0.4, -0.2) is 36.7 Å². The Balaban J connectivity index is 1.44. The summed E-state index contributed by atoms with van der Waals surface area (Å²) in [6.07, 6.45) is 5.84. The molecule has 0 fully saturated rings. The van der Waals surface area contributed by atoms with Crippen molar-refractivity contribution in [2.75, 3.05) is 0 Å². The van der Waals surface area contributed by atoms with Gasteiger partial charge in [0.2, 0.25) is 0 Å². The van der Waals surface area contributed by atoms with E-state index < -0.39 is 5.54 Å². The van der Waals surface area contributed by atoms with Crippen LogP contribution in [0.25, 0.3) is 16.6 Å². The number of rotatable bonds is 5. The van der Waals surface area contributed by atoms with Crippen molar-refractivity contribution >= 4 is 46.2 Å². The SMILES string of the molecule is Cc1ccc2c(c1)c(/C=N/O)c1n2C[C@@](NC(=O)c2c(Cl)cc(-n3cnnc3)cc2Cl)(c2ccccc2)CC1. The fraction of sp³-hybridized carbons (Fsp3) is 0.172. The Morgan fingerprint density at radius 2 is 1.79 bits per heavy atom. The van der Waals surface area contributed by atoms with E-state index in [4.69, 9.17) is 23.2 Å². The number of nitrogens with zero attached hydrogens (tertiary/aromatic N) is 5. The Kier molecular flexibility index (Phi) is 6.37. The Labute approximate surface area is 234 Å². The molecule has 2 N–H and O–H groups in total. The first-order valence-electron chi connectivity index (χ1n) is 12.4. The lowest BCUT2D eigenvalue weighted by atomic mass is 9.81. The van der Waals surface area contributed by atoms with Gasteiger partial charge in [-0.05, 0) is 49.6 Å². The van der Waals surface area contributed by atoms with Gasteiger partial charge in [0, 0.05) is 22.2 Å². The van der Waals surface area contributed by atoms with Crippen LogP contribution in [0.2, 0.25) is 10.0 Å². The molecule has 196 valence electrons. The Hall–Kier alpha value is -4.14. The zero-order valence-corrected chi connectivity index (χ0v) is 22.5. The summed E-state index contributed by atoms with van der Waals surface area (Å²) in [6, 6.07) is 19.5. The average Bonchev–Trinajstić information content (AvgIpc) is 3.56. The Morgan fingerprint density at radius 1 is 1.08 bits per heavy atom. The van der Waals surface area contributed by atoms with E-state index in [-0.39, 0.29) is 21.5 Å². The molecule has 6 rings (SSSR count). The van der Waals surface area contributed by atoms with Gasteiger partial charge in [-0.1, -0.05) is 70.3 Å². The third-order valence-electron chi connectivity index (χ3n) is 7.42. The Bertz CT molecular complexity index is 1710. The number of oxime groups is 1. The van der Waals surface area contributed by atoms with Crippen molar-refractivity contribution in [2.24, 2.45) is 5.16 Å². The topological polar surface area (TPSA) is 97.3 Å². The van der Waals surface area contributed by atoms with E-state index in [1.807, 2.05) is 37.3 Å². The minimum atomic E-state index is -0.741. The van der Waals surface area contributed by atoms with Crippen LogP contribution in [0.15, 0.2) is 78.5 Å². The van der Waals surface area contributed by atoms with E-state index in [1.54, 1.807) is 16.7 Å². The average molecular weight is 559 g/mol. The maximum Gasteiger partial charge on any atom is 0.255 e. The quantitative estimate of drug-likeness (QED) is 0.159. The molecule has 1 atom stereocenters. The minimum Gasteiger partial charge on any atom is -0.411 e. The van der Waals surface area contributed by atoms with Gasteiger partial charge in [-0.3, -0.25) is 9.36 Å². The highest BCUT2D eigenvalue weighted by Gasteiger charge is 2.40. The first kappa shape index (κ1) is 25.2. The van der Waals surface area contributed by atoms with Crippen molar-refractivity contribution in [1.82, 2.24) is 24.6 Å². The monoisotopic (exact) mass is 558 g/mol. The van der Waals surface area contributed by atoms with Gasteiger partial charge in [0.25, 0.3) is 5.91 Å². The third-order valence-corrected chi connectivity index (χ3v) is 8.02. The molecule has 5 aromatic rings. The molecule has 0 saturated carbocycles. The van der Waals surface area contributed by atoms with Gasteiger partial charge in [0.1, 0.15) is 12.7 Å². The molecule has 1 aliphatic rings. The predicted molar refractivity (Wildman–Crippen MR) is 151 cm³/mol. The largest absolute Gasteiger partial charge is 0.411 e. The number of nitrogens with one attached hydrogen (secondary N) is 1. The van der Waals surface area contributed by atoms with Gasteiger partial charge in [0.05, 0.1) is 39.6 Å². The first-order valence-corrected chi connectivity index (χ1v) is 13.2. The summed E-state index contributed by atoms with van der Waals surface area (Å²) in [5, 5.41) is 25.2. The number of aromatic nitrogens is 4. The van der Waals surface area contributed by atoms with Crippen LogP contribution in [-0.2, 0) is 18.5 Å². The van der Waals surface area contributed by atoms with Crippen LogP contribution < -0.4 is 5.32 Å². The van der Waals surface area contributed by atoms with Crippen molar-refractivity contribution in [3.63, 3.8) is 0 Å². The smallest absolute Gasteiger partial charge is 0.255 e. The van der Waals surface area contributed by atoms with Crippen molar-refractivity contribution in [2.45, 2.75) is 31.8 Å². The second-order valence-electron chi connectivity index (χ2n) is 9.77. The number of aryl methyl sites for hydroxylation is 1. The summed E-state index contributed by atoms with van der Waals surface area (Å²) < 4.78 is 3.88. The van der Waals surface area contributed by atoms with E-state index in [9.17, 15) is 10.0 Å². The maximum atomic E-state index is 13.9. The number of halogens is 2. The zero-order valence-electron chi connectivity index (χ0n) is 21.0. The van der Waals surface area contributed by atoms with Crippen LogP contribution >= 0.6 is 23.2 Å². The molecule has 0 bridgehead atoms. The third kappa shape index (κ3) is 4.35. The van der Waals surface area contributed by atoms with Crippen LogP contribution in [0, 0.1) is 6.92 Å². The molecule has 0 spiro atoms. The summed E-state index contributed by atoms with van der Waals surface area (Å²) in [5.41, 5.74) is 5.16. The van der Waals surface area contributed by atoms with E-state index in [0.29, 0.717) is 25.1 Å². The van der Waals surface area contributed by atoms with E-state index in [2.05, 4.69) is 43.4 Å². The van der Waals surface area contributed by atoms with Gasteiger partial charge < -0.3 is 15.1 Å². The lowest BCUT2D eigenvalue weighted by molar-refractivity contribution is 0.0868. The minimum absolute atomic E-state index is 0.206. The maximum absolute atomic E-state index is 13.9. The molecule has 3 heterocycles. The highest BCUT2D eigenvalue weighted by atomic mass is 35.5. The van der Waals surface area contributed by atoms with Crippen LogP contribution in [0.5, 0.6) is 0 Å². The molecule has 39 heavy (non-hydrogen) atoms. The molecular weight excluding hydrogens is 535 g/mol. The second kappa shape index (κ2) is 9.87. The molecule has 0 radical (unpaired) electrons. The summed E-state index contributed by atoms with van der Waals surface area (Å²) in [6.45, 7) is 2.51. The fourth-order valence-corrected chi connectivity index (χ4v) is 6.23. The number of hydrogen-bond acceptors (Lipinski definition) is 5. The second-order valence-corrected chi connectivity index (χ2v) is 10.6. The normalized spacial score (nSPS) is 17.0. The molecule has 1 amide bonds. The number of carbonyl (C=O) groups is 1. The summed E-state index contributed by atoms with van der Waals surface area (Å²) in [5.74, 6) is -0.364. The van der Waals surface area contributed by atoms with Crippen molar-refractivity contribution in [3.8, 4) is 5.69 Å². The number of hydrogen-bond donors (Lipinski definition) is 2. The predicted octanol–water partition coefficient (Wildman–Crippen LogP) is 5.92. The molecule has 10 heteroatoms. The van der Waals surface area contributed by atoms with Gasteiger partial charge in [-0.2, -0.15) is 0 Å². The molecule has 8 nitrogen and oxygen atoms in total. The molecule has 1 aliphatic heterocycles. The van der Waals surface area contributed by atoms with Crippen molar-refractivity contribution in [1.29, 1.82) is 0 Å².